The Bertz CT molecular complexity index is 723. The molecule has 0 saturated carbocycles. The zero-order valence-corrected chi connectivity index (χ0v) is 15.2. The van der Waals surface area contributed by atoms with E-state index in [2.05, 4.69) is 0 Å². The molecular weight excluding hydrogens is 352 g/mol. The fourth-order valence-corrected chi connectivity index (χ4v) is 4.59. The molecule has 1 aliphatic rings. The molecule has 1 aromatic rings. The number of carbonyl (C=O) groups is 1. The van der Waals surface area contributed by atoms with Gasteiger partial charge >= 0.3 is 0 Å². The molecule has 0 radical (unpaired) electrons. The molecule has 0 N–H and O–H groups in total. The number of hydrogen-bond donors (Lipinski definition) is 0. The number of sulfone groups is 1. The molecule has 1 amide bonds. The summed E-state index contributed by atoms with van der Waals surface area (Å²) >= 11 is 0. The number of hydrogen-bond acceptors (Lipinski definition) is 4. The van der Waals surface area contributed by atoms with Gasteiger partial charge in [-0.1, -0.05) is 13.3 Å². The van der Waals surface area contributed by atoms with Crippen LogP contribution in [0.15, 0.2) is 18.2 Å². The Morgan fingerprint density at radius 1 is 1.36 bits per heavy atom. The lowest BCUT2D eigenvalue weighted by Crippen LogP contribution is -2.47. The number of nitrogens with zero attached hydrogens (tertiary/aromatic N) is 1. The summed E-state index contributed by atoms with van der Waals surface area (Å²) in [5, 5.41) is 0. The number of carbonyl (C=O) groups excluding carboxylic acids is 1. The summed E-state index contributed by atoms with van der Waals surface area (Å²) < 4.78 is 55.1. The highest BCUT2D eigenvalue weighted by Gasteiger charge is 2.36. The van der Waals surface area contributed by atoms with Gasteiger partial charge in [0.2, 0.25) is 0 Å². The Morgan fingerprint density at radius 2 is 2.08 bits per heavy atom. The fourth-order valence-electron chi connectivity index (χ4n) is 2.86. The number of benzene rings is 1. The smallest absolute Gasteiger partial charge is 0.263 e. The predicted octanol–water partition coefficient (Wildman–Crippen LogP) is 2.55. The van der Waals surface area contributed by atoms with E-state index in [1.54, 1.807) is 4.90 Å². The first-order valence-electron chi connectivity index (χ1n) is 8.36. The molecule has 2 atom stereocenters. The van der Waals surface area contributed by atoms with Gasteiger partial charge in [0.25, 0.3) is 5.91 Å². The number of halogens is 2. The highest BCUT2D eigenvalue weighted by atomic mass is 32.2. The number of rotatable bonds is 7. The second-order valence-corrected chi connectivity index (χ2v) is 8.51. The molecule has 1 heterocycles. The fraction of sp³-hybridized carbons (Fsp3) is 0.588. The summed E-state index contributed by atoms with van der Waals surface area (Å²) in [4.78, 5) is 14.3. The minimum Gasteiger partial charge on any atom is -0.481 e. The lowest BCUT2D eigenvalue weighted by Gasteiger charge is -2.30. The Labute approximate surface area is 146 Å². The largest absolute Gasteiger partial charge is 0.481 e. The first kappa shape index (κ1) is 19.6. The van der Waals surface area contributed by atoms with Crippen LogP contribution in [0.4, 0.5) is 8.78 Å². The van der Waals surface area contributed by atoms with E-state index in [0.29, 0.717) is 13.0 Å². The van der Waals surface area contributed by atoms with E-state index in [-0.39, 0.29) is 29.2 Å². The lowest BCUT2D eigenvalue weighted by atomic mass is 10.1. The van der Waals surface area contributed by atoms with Crippen LogP contribution in [0, 0.1) is 11.6 Å². The third kappa shape index (κ3) is 5.14. The molecular formula is C17H23F2NO4S. The van der Waals surface area contributed by atoms with Crippen LogP contribution in [0.3, 0.4) is 0 Å². The first-order valence-corrected chi connectivity index (χ1v) is 10.2. The van der Waals surface area contributed by atoms with Gasteiger partial charge in [-0.15, -0.1) is 0 Å². The van der Waals surface area contributed by atoms with Crippen LogP contribution in [0.1, 0.15) is 33.1 Å². The van der Waals surface area contributed by atoms with E-state index in [1.807, 2.05) is 6.92 Å². The van der Waals surface area contributed by atoms with Crippen LogP contribution in [0.25, 0.3) is 0 Å². The van der Waals surface area contributed by atoms with Crippen molar-refractivity contribution in [3.05, 3.63) is 29.8 Å². The summed E-state index contributed by atoms with van der Waals surface area (Å²) in [6, 6.07) is 2.70. The maximum Gasteiger partial charge on any atom is 0.263 e. The van der Waals surface area contributed by atoms with Gasteiger partial charge in [0.1, 0.15) is 5.75 Å². The van der Waals surface area contributed by atoms with Gasteiger partial charge < -0.3 is 9.64 Å². The average molecular weight is 375 g/mol. The summed E-state index contributed by atoms with van der Waals surface area (Å²) in [6.45, 7) is 3.95. The first-order chi connectivity index (χ1) is 11.7. The van der Waals surface area contributed by atoms with Crippen molar-refractivity contribution in [3.8, 4) is 5.75 Å². The van der Waals surface area contributed by atoms with Crippen molar-refractivity contribution in [1.82, 2.24) is 4.90 Å². The number of amides is 1. The molecule has 1 saturated heterocycles. The summed E-state index contributed by atoms with van der Waals surface area (Å²) in [5.74, 6) is -2.31. The van der Waals surface area contributed by atoms with Crippen LogP contribution in [0.2, 0.25) is 0 Å². The molecule has 0 spiro atoms. The average Bonchev–Trinajstić information content (AvgIpc) is 2.91. The quantitative estimate of drug-likeness (QED) is 0.735. The SMILES string of the molecule is CCCCN(C(=O)C(C)Oc1ccc(F)c(F)c1)C1CCS(=O)(=O)C1. The topological polar surface area (TPSA) is 63.7 Å². The summed E-state index contributed by atoms with van der Waals surface area (Å²) in [6.07, 6.45) is 1.10. The van der Waals surface area contributed by atoms with Crippen molar-refractivity contribution in [1.29, 1.82) is 0 Å². The van der Waals surface area contributed by atoms with Gasteiger partial charge in [-0.05, 0) is 31.9 Å². The molecule has 25 heavy (non-hydrogen) atoms. The van der Waals surface area contributed by atoms with Gasteiger partial charge in [-0.2, -0.15) is 0 Å². The van der Waals surface area contributed by atoms with Crippen LogP contribution in [-0.4, -0.2) is 49.4 Å². The maximum atomic E-state index is 13.3. The molecule has 1 aromatic carbocycles. The Morgan fingerprint density at radius 3 is 2.64 bits per heavy atom. The maximum absolute atomic E-state index is 13.3. The zero-order chi connectivity index (χ0) is 18.6. The van der Waals surface area contributed by atoms with E-state index in [4.69, 9.17) is 4.74 Å². The predicted molar refractivity (Wildman–Crippen MR) is 90.1 cm³/mol. The normalized spacial score (nSPS) is 20.2. The highest BCUT2D eigenvalue weighted by molar-refractivity contribution is 7.91. The minimum absolute atomic E-state index is 0.0413. The molecule has 8 heteroatoms. The molecule has 1 aliphatic heterocycles. The Hall–Kier alpha value is -1.70. The van der Waals surface area contributed by atoms with Gasteiger partial charge in [-0.25, -0.2) is 17.2 Å². The van der Waals surface area contributed by atoms with Gasteiger partial charge in [-0.3, -0.25) is 4.79 Å². The minimum atomic E-state index is -3.12. The van der Waals surface area contributed by atoms with Crippen LogP contribution in [0.5, 0.6) is 5.75 Å². The molecule has 5 nitrogen and oxygen atoms in total. The second kappa shape index (κ2) is 8.12. The Kier molecular flexibility index (Phi) is 6.37. The van der Waals surface area contributed by atoms with Crippen LogP contribution >= 0.6 is 0 Å². The molecule has 140 valence electrons. The van der Waals surface area contributed by atoms with Gasteiger partial charge in [0, 0.05) is 18.7 Å². The van der Waals surface area contributed by atoms with Crippen molar-refractivity contribution in [3.63, 3.8) is 0 Å². The van der Waals surface area contributed by atoms with Crippen molar-refractivity contribution in [2.24, 2.45) is 0 Å². The molecule has 2 unspecified atom stereocenters. The number of unbranched alkanes of at least 4 members (excludes halogenated alkanes) is 1. The van der Waals surface area contributed by atoms with Crippen molar-refractivity contribution in [2.45, 2.75) is 45.3 Å². The lowest BCUT2D eigenvalue weighted by molar-refractivity contribution is -0.140. The zero-order valence-electron chi connectivity index (χ0n) is 14.4. The highest BCUT2D eigenvalue weighted by Crippen LogP contribution is 2.22. The molecule has 1 fully saturated rings. The summed E-state index contributed by atoms with van der Waals surface area (Å²) in [5.41, 5.74) is 0. The molecule has 0 aliphatic carbocycles. The Balaban J connectivity index is 2.10. The van der Waals surface area contributed by atoms with E-state index >= 15 is 0 Å². The standard InChI is InChI=1S/C17H23F2NO4S/c1-3-4-8-20(13-7-9-25(22,23)11-13)17(21)12(2)24-14-5-6-15(18)16(19)10-14/h5-6,10,12-13H,3-4,7-9,11H2,1-2H3. The van der Waals surface area contributed by atoms with E-state index in [0.717, 1.165) is 25.0 Å². The summed E-state index contributed by atoms with van der Waals surface area (Å²) in [7, 11) is -3.12. The number of ether oxygens (including phenoxy) is 1. The van der Waals surface area contributed by atoms with Crippen LogP contribution in [-0.2, 0) is 14.6 Å². The second-order valence-electron chi connectivity index (χ2n) is 6.28. The van der Waals surface area contributed by atoms with Gasteiger partial charge in [0.05, 0.1) is 11.5 Å². The van der Waals surface area contributed by atoms with Crippen molar-refractivity contribution >= 4 is 15.7 Å². The molecule has 0 aromatic heterocycles. The van der Waals surface area contributed by atoms with E-state index in [9.17, 15) is 22.0 Å². The monoisotopic (exact) mass is 375 g/mol. The van der Waals surface area contributed by atoms with E-state index in [1.165, 1.54) is 13.0 Å². The van der Waals surface area contributed by atoms with Crippen LogP contribution < -0.4 is 4.74 Å². The molecule has 2 rings (SSSR count). The third-order valence-corrected chi connectivity index (χ3v) is 5.99. The van der Waals surface area contributed by atoms with E-state index < -0.39 is 27.6 Å². The molecule has 0 bridgehead atoms. The van der Waals surface area contributed by atoms with Crippen molar-refractivity contribution in [2.75, 3.05) is 18.1 Å². The van der Waals surface area contributed by atoms with Crippen molar-refractivity contribution < 1.29 is 26.7 Å². The third-order valence-electron chi connectivity index (χ3n) is 4.24. The van der Waals surface area contributed by atoms with Gasteiger partial charge in [0.15, 0.2) is 27.6 Å².